The van der Waals surface area contributed by atoms with Crippen LogP contribution in [0.15, 0.2) is 53.6 Å². The van der Waals surface area contributed by atoms with Gasteiger partial charge in [0.05, 0.1) is 11.1 Å². The zero-order valence-corrected chi connectivity index (χ0v) is 15.0. The molecule has 0 radical (unpaired) electrons. The van der Waals surface area contributed by atoms with Gasteiger partial charge in [-0.3, -0.25) is 14.9 Å². The summed E-state index contributed by atoms with van der Waals surface area (Å²) in [5.41, 5.74) is 4.31. The van der Waals surface area contributed by atoms with Gasteiger partial charge in [0.15, 0.2) is 0 Å². The Hall–Kier alpha value is -3.95. The highest BCUT2D eigenvalue weighted by Gasteiger charge is 2.12. The van der Waals surface area contributed by atoms with E-state index in [1.54, 1.807) is 12.1 Å². The highest BCUT2D eigenvalue weighted by molar-refractivity contribution is 5.83. The summed E-state index contributed by atoms with van der Waals surface area (Å²) in [7, 11) is 0. The van der Waals surface area contributed by atoms with Gasteiger partial charge in [-0.25, -0.2) is 5.43 Å². The Labute approximate surface area is 160 Å². The lowest BCUT2D eigenvalue weighted by Gasteiger charge is -2.01. The molecule has 0 aliphatic heterocycles. The Morgan fingerprint density at radius 3 is 2.79 bits per heavy atom. The lowest BCUT2D eigenvalue weighted by Crippen LogP contribution is -2.24. The number of carbonyl (C=O) groups is 1. The number of nitro groups is 1. The van der Waals surface area contributed by atoms with Gasteiger partial charge in [-0.2, -0.15) is 9.90 Å². The molecule has 0 aliphatic carbocycles. The summed E-state index contributed by atoms with van der Waals surface area (Å²) in [6.45, 7) is 1.68. The molecule has 1 heterocycles. The van der Waals surface area contributed by atoms with Crippen LogP contribution in [0.4, 0.5) is 5.69 Å². The second kappa shape index (κ2) is 8.62. The van der Waals surface area contributed by atoms with Crippen LogP contribution in [0.3, 0.4) is 0 Å². The van der Waals surface area contributed by atoms with E-state index >= 15 is 0 Å². The first-order chi connectivity index (χ1) is 13.6. The molecule has 1 amide bonds. The quantitative estimate of drug-likeness (QED) is 0.380. The highest BCUT2D eigenvalue weighted by Crippen LogP contribution is 2.20. The molecule has 2 aromatic carbocycles. The van der Waals surface area contributed by atoms with Crippen LogP contribution < -0.4 is 5.43 Å². The number of tetrazole rings is 1. The van der Waals surface area contributed by atoms with Crippen molar-refractivity contribution in [3.63, 3.8) is 0 Å². The maximum atomic E-state index is 12.0. The first-order valence-electron chi connectivity index (χ1n) is 8.49. The molecule has 0 saturated carbocycles. The van der Waals surface area contributed by atoms with E-state index in [-0.39, 0.29) is 12.2 Å². The lowest BCUT2D eigenvalue weighted by atomic mass is 10.1. The zero-order valence-electron chi connectivity index (χ0n) is 15.0. The third-order valence-electron chi connectivity index (χ3n) is 3.86. The van der Waals surface area contributed by atoms with Crippen molar-refractivity contribution in [2.45, 2.75) is 19.9 Å². The van der Waals surface area contributed by atoms with E-state index in [4.69, 9.17) is 0 Å². The van der Waals surface area contributed by atoms with E-state index < -0.39 is 10.8 Å². The van der Waals surface area contributed by atoms with Gasteiger partial charge >= 0.3 is 0 Å². The van der Waals surface area contributed by atoms with Crippen molar-refractivity contribution >= 4 is 17.8 Å². The molecule has 0 saturated heterocycles. The summed E-state index contributed by atoms with van der Waals surface area (Å²) < 4.78 is 0. The minimum absolute atomic E-state index is 0.0260. The van der Waals surface area contributed by atoms with Crippen molar-refractivity contribution in [3.8, 4) is 11.4 Å². The summed E-state index contributed by atoms with van der Waals surface area (Å²) in [6, 6.07) is 14.1. The Morgan fingerprint density at radius 1 is 1.29 bits per heavy atom. The number of hydrogen-bond donors (Lipinski definition) is 1. The number of hydrazone groups is 1. The first kappa shape index (κ1) is 18.8. The van der Waals surface area contributed by atoms with Gasteiger partial charge in [0.1, 0.15) is 6.54 Å². The lowest BCUT2D eigenvalue weighted by molar-refractivity contribution is -0.385. The molecule has 3 rings (SSSR count). The molecule has 10 heteroatoms. The molecule has 1 N–H and O–H groups in total. The standard InChI is InChI=1S/C18H17N7O3/c1-2-14-9-8-13(10-16(14)25(27)28)11-19-20-17(26)12-24-22-18(21-23-24)15-6-4-3-5-7-15/h3-11H,2,12H2,1H3,(H,20,26)/b19-11-. The molecule has 0 atom stereocenters. The molecule has 0 spiro atoms. The van der Waals surface area contributed by atoms with Gasteiger partial charge in [-0.15, -0.1) is 10.2 Å². The van der Waals surface area contributed by atoms with E-state index in [2.05, 4.69) is 25.9 Å². The number of carbonyl (C=O) groups excluding carboxylic acids is 1. The summed E-state index contributed by atoms with van der Waals surface area (Å²) in [6.07, 6.45) is 1.90. The van der Waals surface area contributed by atoms with Crippen molar-refractivity contribution in [2.75, 3.05) is 0 Å². The van der Waals surface area contributed by atoms with Crippen LogP contribution in [0.1, 0.15) is 18.1 Å². The predicted octanol–water partition coefficient (Wildman–Crippen LogP) is 1.96. The van der Waals surface area contributed by atoms with Crippen molar-refractivity contribution in [3.05, 3.63) is 69.8 Å². The highest BCUT2D eigenvalue weighted by atomic mass is 16.6. The zero-order chi connectivity index (χ0) is 19.9. The van der Waals surface area contributed by atoms with Gasteiger partial charge in [-0.05, 0) is 11.6 Å². The summed E-state index contributed by atoms with van der Waals surface area (Å²) in [4.78, 5) is 23.8. The first-order valence-corrected chi connectivity index (χ1v) is 8.49. The summed E-state index contributed by atoms with van der Waals surface area (Å²) >= 11 is 0. The fourth-order valence-corrected chi connectivity index (χ4v) is 2.49. The van der Waals surface area contributed by atoms with Crippen LogP contribution in [0.25, 0.3) is 11.4 Å². The number of nitrogens with one attached hydrogen (secondary N) is 1. The van der Waals surface area contributed by atoms with Crippen molar-refractivity contribution in [1.82, 2.24) is 25.6 Å². The maximum absolute atomic E-state index is 12.0. The molecular formula is C18H17N7O3. The molecule has 3 aromatic rings. The monoisotopic (exact) mass is 379 g/mol. The number of rotatable bonds is 7. The molecule has 10 nitrogen and oxygen atoms in total. The van der Waals surface area contributed by atoms with Crippen LogP contribution in [-0.4, -0.2) is 37.3 Å². The Bertz CT molecular complexity index is 1020. The van der Waals surface area contributed by atoms with E-state index in [9.17, 15) is 14.9 Å². The summed E-state index contributed by atoms with van der Waals surface area (Å²) in [5, 5.41) is 26.8. The molecule has 0 unspecified atom stereocenters. The Kier molecular flexibility index (Phi) is 5.80. The number of nitrogens with zero attached hydrogens (tertiary/aromatic N) is 6. The van der Waals surface area contributed by atoms with Gasteiger partial charge in [-0.1, -0.05) is 49.4 Å². The topological polar surface area (TPSA) is 128 Å². The van der Waals surface area contributed by atoms with Crippen LogP contribution in [0, 0.1) is 10.1 Å². The third-order valence-corrected chi connectivity index (χ3v) is 3.86. The van der Waals surface area contributed by atoms with Crippen LogP contribution in [-0.2, 0) is 17.8 Å². The minimum atomic E-state index is -0.451. The molecule has 0 aliphatic rings. The van der Waals surface area contributed by atoms with Crippen molar-refractivity contribution in [1.29, 1.82) is 0 Å². The Balaban J connectivity index is 1.59. The third kappa shape index (κ3) is 4.61. The van der Waals surface area contributed by atoms with Gasteiger partial charge in [0.2, 0.25) is 5.82 Å². The van der Waals surface area contributed by atoms with Crippen LogP contribution >= 0.6 is 0 Å². The van der Waals surface area contributed by atoms with Gasteiger partial charge in [0.25, 0.3) is 11.6 Å². The number of benzene rings is 2. The normalized spacial score (nSPS) is 10.9. The predicted molar refractivity (Wildman–Crippen MR) is 101 cm³/mol. The average Bonchev–Trinajstić information content (AvgIpc) is 3.17. The molecule has 28 heavy (non-hydrogen) atoms. The second-order valence-electron chi connectivity index (χ2n) is 5.80. The fourth-order valence-electron chi connectivity index (χ4n) is 2.49. The maximum Gasteiger partial charge on any atom is 0.273 e. The van der Waals surface area contributed by atoms with Crippen molar-refractivity contribution < 1.29 is 9.72 Å². The molecular weight excluding hydrogens is 362 g/mol. The second-order valence-corrected chi connectivity index (χ2v) is 5.80. The van der Waals surface area contributed by atoms with Gasteiger partial charge < -0.3 is 0 Å². The number of hydrogen-bond acceptors (Lipinski definition) is 7. The molecule has 142 valence electrons. The van der Waals surface area contributed by atoms with E-state index in [1.807, 2.05) is 37.3 Å². The average molecular weight is 379 g/mol. The van der Waals surface area contributed by atoms with Crippen LogP contribution in [0.2, 0.25) is 0 Å². The Morgan fingerprint density at radius 2 is 2.07 bits per heavy atom. The fraction of sp³-hybridized carbons (Fsp3) is 0.167. The SMILES string of the molecule is CCc1ccc(/C=N\NC(=O)Cn2nnc(-c3ccccc3)n2)cc1[N+](=O)[O-]. The number of amides is 1. The number of aryl methyl sites for hydroxylation is 1. The van der Waals surface area contributed by atoms with Crippen molar-refractivity contribution in [2.24, 2.45) is 5.10 Å². The smallest absolute Gasteiger partial charge is 0.271 e. The largest absolute Gasteiger partial charge is 0.273 e. The van der Waals surface area contributed by atoms with E-state index in [0.717, 1.165) is 10.4 Å². The molecule has 1 aromatic heterocycles. The minimum Gasteiger partial charge on any atom is -0.271 e. The number of aromatic nitrogens is 4. The van der Waals surface area contributed by atoms with Crippen LogP contribution in [0.5, 0.6) is 0 Å². The number of nitro benzene ring substituents is 1. The molecule has 0 bridgehead atoms. The van der Waals surface area contributed by atoms with Gasteiger partial charge in [0, 0.05) is 22.8 Å². The molecule has 0 fully saturated rings. The summed E-state index contributed by atoms with van der Waals surface area (Å²) in [5.74, 6) is -0.0341. The van der Waals surface area contributed by atoms with E-state index in [1.165, 1.54) is 12.3 Å². The van der Waals surface area contributed by atoms with E-state index in [0.29, 0.717) is 23.4 Å².